The Kier molecular flexibility index (Phi) is 4.50. The fourth-order valence-corrected chi connectivity index (χ4v) is 2.39. The van der Waals surface area contributed by atoms with Crippen molar-refractivity contribution < 1.29 is 9.63 Å². The third kappa shape index (κ3) is 4.09. The summed E-state index contributed by atoms with van der Waals surface area (Å²) in [5.41, 5.74) is -0.509. The number of aliphatic hydroxyl groups is 1. The first-order valence-electron chi connectivity index (χ1n) is 6.47. The van der Waals surface area contributed by atoms with Crippen molar-refractivity contribution in [3.63, 3.8) is 0 Å². The maximum absolute atomic E-state index is 10.4. The summed E-state index contributed by atoms with van der Waals surface area (Å²) in [6.45, 7) is 1.44. The lowest BCUT2D eigenvalue weighted by Gasteiger charge is -2.26. The maximum atomic E-state index is 10.4. The topological polar surface area (TPSA) is 71.2 Å². The molecule has 1 aliphatic rings. The molecule has 2 rings (SSSR count). The molecule has 1 aromatic heterocycles. The second-order valence-corrected chi connectivity index (χ2v) is 4.90. The zero-order valence-corrected chi connectivity index (χ0v) is 10.2. The highest BCUT2D eigenvalue weighted by Gasteiger charge is 2.27. The Morgan fingerprint density at radius 2 is 2.06 bits per heavy atom. The zero-order chi connectivity index (χ0) is 12.0. The van der Waals surface area contributed by atoms with E-state index in [1.807, 2.05) is 0 Å². The van der Waals surface area contributed by atoms with Crippen molar-refractivity contribution in [2.75, 3.05) is 13.1 Å². The van der Waals surface area contributed by atoms with Crippen molar-refractivity contribution in [3.8, 4) is 0 Å². The second kappa shape index (κ2) is 6.12. The van der Waals surface area contributed by atoms with Crippen LogP contribution in [0.25, 0.3) is 0 Å². The van der Waals surface area contributed by atoms with Gasteiger partial charge in [-0.15, -0.1) is 0 Å². The van der Waals surface area contributed by atoms with Gasteiger partial charge in [0.2, 0.25) is 5.89 Å². The van der Waals surface area contributed by atoms with E-state index in [1.165, 1.54) is 19.2 Å². The molecular weight excluding hydrogens is 218 g/mol. The van der Waals surface area contributed by atoms with E-state index in [0.717, 1.165) is 38.6 Å². The van der Waals surface area contributed by atoms with E-state index in [9.17, 15) is 5.11 Å². The van der Waals surface area contributed by atoms with Crippen LogP contribution in [0.1, 0.15) is 44.4 Å². The molecule has 0 unspecified atom stereocenters. The predicted octanol–water partition coefficient (Wildman–Crippen LogP) is 1.29. The van der Waals surface area contributed by atoms with Crippen molar-refractivity contribution in [2.45, 2.75) is 50.5 Å². The molecule has 1 aliphatic carbocycles. The van der Waals surface area contributed by atoms with Crippen LogP contribution in [0.3, 0.4) is 0 Å². The Balaban J connectivity index is 1.66. The molecule has 0 radical (unpaired) electrons. The summed E-state index contributed by atoms with van der Waals surface area (Å²) in [5.74, 6) is 0.644. The Bertz CT molecular complexity index is 306. The molecular formula is C12H21N3O2. The SMILES string of the molecule is OC1(CNCCc2ncno2)CCCCCC1. The minimum Gasteiger partial charge on any atom is -0.389 e. The largest absolute Gasteiger partial charge is 0.389 e. The van der Waals surface area contributed by atoms with Gasteiger partial charge in [0.1, 0.15) is 0 Å². The first-order valence-corrected chi connectivity index (χ1v) is 6.47. The number of nitrogens with zero attached hydrogens (tertiary/aromatic N) is 2. The summed E-state index contributed by atoms with van der Waals surface area (Å²) in [5, 5.41) is 17.2. The van der Waals surface area contributed by atoms with Gasteiger partial charge in [-0.25, -0.2) is 0 Å². The van der Waals surface area contributed by atoms with E-state index in [2.05, 4.69) is 15.5 Å². The van der Waals surface area contributed by atoms with E-state index < -0.39 is 5.60 Å². The van der Waals surface area contributed by atoms with Gasteiger partial charge in [0.05, 0.1) is 5.60 Å². The standard InChI is InChI=1S/C12H21N3O2/c16-12(6-3-1-2-4-7-12)9-13-8-5-11-14-10-15-17-11/h10,13,16H,1-9H2. The normalized spacial score (nSPS) is 20.1. The molecule has 0 atom stereocenters. The lowest BCUT2D eigenvalue weighted by atomic mass is 9.94. The van der Waals surface area contributed by atoms with Crippen LogP contribution < -0.4 is 5.32 Å². The molecule has 0 saturated heterocycles. The van der Waals surface area contributed by atoms with E-state index in [-0.39, 0.29) is 0 Å². The number of nitrogens with one attached hydrogen (secondary N) is 1. The van der Waals surface area contributed by atoms with Crippen LogP contribution in [-0.2, 0) is 6.42 Å². The highest BCUT2D eigenvalue weighted by Crippen LogP contribution is 2.26. The molecule has 0 amide bonds. The predicted molar refractivity (Wildman–Crippen MR) is 63.5 cm³/mol. The number of aromatic nitrogens is 2. The maximum Gasteiger partial charge on any atom is 0.227 e. The quantitative estimate of drug-likeness (QED) is 0.598. The van der Waals surface area contributed by atoms with Gasteiger partial charge in [0, 0.05) is 19.5 Å². The molecule has 1 saturated carbocycles. The van der Waals surface area contributed by atoms with E-state index in [0.29, 0.717) is 12.4 Å². The molecule has 1 fully saturated rings. The van der Waals surface area contributed by atoms with Gasteiger partial charge >= 0.3 is 0 Å². The summed E-state index contributed by atoms with van der Waals surface area (Å²) in [7, 11) is 0. The van der Waals surface area contributed by atoms with E-state index in [1.54, 1.807) is 0 Å². The molecule has 96 valence electrons. The van der Waals surface area contributed by atoms with Crippen molar-refractivity contribution in [1.29, 1.82) is 0 Å². The lowest BCUT2D eigenvalue weighted by Crippen LogP contribution is -2.40. The third-order valence-electron chi connectivity index (χ3n) is 3.41. The molecule has 1 heterocycles. The monoisotopic (exact) mass is 239 g/mol. The molecule has 0 aromatic carbocycles. The Hall–Kier alpha value is -0.940. The van der Waals surface area contributed by atoms with Gasteiger partial charge in [-0.1, -0.05) is 30.8 Å². The summed E-state index contributed by atoms with van der Waals surface area (Å²) in [6, 6.07) is 0. The van der Waals surface area contributed by atoms with Gasteiger partial charge in [-0.05, 0) is 12.8 Å². The average molecular weight is 239 g/mol. The summed E-state index contributed by atoms with van der Waals surface area (Å²) < 4.78 is 4.91. The van der Waals surface area contributed by atoms with Crippen molar-refractivity contribution in [2.24, 2.45) is 0 Å². The van der Waals surface area contributed by atoms with Crippen LogP contribution in [0.5, 0.6) is 0 Å². The van der Waals surface area contributed by atoms with Crippen molar-refractivity contribution >= 4 is 0 Å². The summed E-state index contributed by atoms with van der Waals surface area (Å²) in [6.07, 6.45) is 8.75. The number of hydrogen-bond donors (Lipinski definition) is 2. The van der Waals surface area contributed by atoms with Crippen LogP contribution >= 0.6 is 0 Å². The minimum atomic E-state index is -0.509. The van der Waals surface area contributed by atoms with Gasteiger partial charge in [-0.2, -0.15) is 4.98 Å². The first-order chi connectivity index (χ1) is 8.29. The number of hydrogen-bond acceptors (Lipinski definition) is 5. The van der Waals surface area contributed by atoms with Crippen LogP contribution in [0.4, 0.5) is 0 Å². The second-order valence-electron chi connectivity index (χ2n) is 4.90. The Morgan fingerprint density at radius 3 is 2.71 bits per heavy atom. The van der Waals surface area contributed by atoms with E-state index in [4.69, 9.17) is 4.52 Å². The highest BCUT2D eigenvalue weighted by molar-refractivity contribution is 4.84. The molecule has 2 N–H and O–H groups in total. The highest BCUT2D eigenvalue weighted by atomic mass is 16.5. The lowest BCUT2D eigenvalue weighted by molar-refractivity contribution is 0.0255. The number of rotatable bonds is 5. The summed E-state index contributed by atoms with van der Waals surface area (Å²) >= 11 is 0. The van der Waals surface area contributed by atoms with Gasteiger partial charge in [-0.3, -0.25) is 0 Å². The smallest absolute Gasteiger partial charge is 0.227 e. The van der Waals surface area contributed by atoms with Gasteiger partial charge in [0.15, 0.2) is 6.33 Å². The first kappa shape index (κ1) is 12.5. The van der Waals surface area contributed by atoms with Crippen LogP contribution in [0, 0.1) is 0 Å². The molecule has 0 bridgehead atoms. The van der Waals surface area contributed by atoms with Crippen molar-refractivity contribution in [1.82, 2.24) is 15.5 Å². The van der Waals surface area contributed by atoms with Crippen molar-refractivity contribution in [3.05, 3.63) is 12.2 Å². The Morgan fingerprint density at radius 1 is 1.29 bits per heavy atom. The molecule has 0 aliphatic heterocycles. The fraction of sp³-hybridized carbons (Fsp3) is 0.833. The summed E-state index contributed by atoms with van der Waals surface area (Å²) in [4.78, 5) is 3.95. The van der Waals surface area contributed by atoms with Crippen LogP contribution in [0.2, 0.25) is 0 Å². The minimum absolute atomic E-state index is 0.509. The average Bonchev–Trinajstić information content (AvgIpc) is 2.74. The molecule has 5 nitrogen and oxygen atoms in total. The zero-order valence-electron chi connectivity index (χ0n) is 10.2. The van der Waals surface area contributed by atoms with Gasteiger partial charge in [0.25, 0.3) is 0 Å². The third-order valence-corrected chi connectivity index (χ3v) is 3.41. The molecule has 1 aromatic rings. The van der Waals surface area contributed by atoms with Crippen LogP contribution in [0.15, 0.2) is 10.9 Å². The van der Waals surface area contributed by atoms with E-state index >= 15 is 0 Å². The Labute approximate surface area is 102 Å². The van der Waals surface area contributed by atoms with Gasteiger partial charge < -0.3 is 14.9 Å². The fourth-order valence-electron chi connectivity index (χ4n) is 2.39. The molecule has 0 spiro atoms. The molecule has 17 heavy (non-hydrogen) atoms. The molecule has 5 heteroatoms. The van der Waals surface area contributed by atoms with Crippen LogP contribution in [-0.4, -0.2) is 33.9 Å².